The fourth-order valence-electron chi connectivity index (χ4n) is 3.75. The number of esters is 1. The summed E-state index contributed by atoms with van der Waals surface area (Å²) in [6.45, 7) is 1.56. The van der Waals surface area contributed by atoms with Crippen molar-refractivity contribution in [3.05, 3.63) is 46.0 Å². The van der Waals surface area contributed by atoms with E-state index in [4.69, 9.17) is 9.47 Å². The van der Waals surface area contributed by atoms with E-state index in [9.17, 15) is 29.7 Å². The van der Waals surface area contributed by atoms with Gasteiger partial charge in [-0.25, -0.2) is 0 Å². The molecule has 2 aliphatic rings. The smallest absolute Gasteiger partial charge is 0.302 e. The number of phenols is 3. The lowest BCUT2D eigenvalue weighted by Crippen LogP contribution is -2.22. The number of aromatic hydroxyl groups is 3. The summed E-state index contributed by atoms with van der Waals surface area (Å²) in [4.78, 5) is 36.8. The molecule has 1 aliphatic heterocycles. The summed E-state index contributed by atoms with van der Waals surface area (Å²) in [5.74, 6) is -2.95. The van der Waals surface area contributed by atoms with Crippen LogP contribution in [0.1, 0.15) is 56.7 Å². The predicted molar refractivity (Wildman–Crippen MR) is 94.2 cm³/mol. The van der Waals surface area contributed by atoms with Gasteiger partial charge < -0.3 is 24.8 Å². The van der Waals surface area contributed by atoms with E-state index in [-0.39, 0.29) is 58.6 Å². The number of carbonyl (C=O) groups excluding carboxylic acids is 3. The molecule has 0 radical (unpaired) electrons. The largest absolute Gasteiger partial charge is 0.508 e. The van der Waals surface area contributed by atoms with Crippen LogP contribution in [-0.2, 0) is 9.53 Å². The topological polar surface area (TPSA) is 130 Å². The first-order chi connectivity index (χ1) is 13.3. The van der Waals surface area contributed by atoms with Gasteiger partial charge in [-0.05, 0) is 18.6 Å². The predicted octanol–water partition coefficient (Wildman–Crippen LogP) is 2.01. The van der Waals surface area contributed by atoms with Gasteiger partial charge in [0.25, 0.3) is 0 Å². The van der Waals surface area contributed by atoms with Gasteiger partial charge in [-0.15, -0.1) is 0 Å². The normalized spacial score (nSPS) is 16.8. The van der Waals surface area contributed by atoms with Crippen molar-refractivity contribution >= 4 is 17.5 Å². The van der Waals surface area contributed by atoms with E-state index in [1.54, 1.807) is 0 Å². The van der Waals surface area contributed by atoms with Crippen molar-refractivity contribution in [2.24, 2.45) is 0 Å². The van der Waals surface area contributed by atoms with Gasteiger partial charge in [0, 0.05) is 35.6 Å². The molecule has 0 amide bonds. The van der Waals surface area contributed by atoms with Crippen LogP contribution in [-0.4, -0.2) is 46.1 Å². The number of ketones is 2. The summed E-state index contributed by atoms with van der Waals surface area (Å²) < 4.78 is 10.6. The molecule has 28 heavy (non-hydrogen) atoms. The minimum atomic E-state index is -0.626. The second-order valence-electron chi connectivity index (χ2n) is 6.74. The first-order valence-electron chi connectivity index (χ1n) is 8.61. The van der Waals surface area contributed by atoms with Crippen LogP contribution in [0, 0.1) is 0 Å². The Kier molecular flexibility index (Phi) is 3.99. The molecule has 1 atom stereocenters. The fourth-order valence-corrected chi connectivity index (χ4v) is 3.75. The molecule has 0 bridgehead atoms. The number of phenolic OH excluding ortho intramolecular Hbond substituents is 3. The van der Waals surface area contributed by atoms with Crippen LogP contribution in [0.15, 0.2) is 18.2 Å². The number of benzene rings is 2. The highest BCUT2D eigenvalue weighted by Gasteiger charge is 2.40. The monoisotopic (exact) mass is 384 g/mol. The van der Waals surface area contributed by atoms with Gasteiger partial charge in [0.05, 0.1) is 24.3 Å². The zero-order valence-corrected chi connectivity index (χ0v) is 14.8. The Morgan fingerprint density at radius 3 is 2.50 bits per heavy atom. The molecule has 2 aromatic rings. The molecule has 0 unspecified atom stereocenters. The number of hydrogen-bond acceptors (Lipinski definition) is 8. The SMILES string of the molecule is CC(=O)OCC[C@@H]1COc2c3c(cc(O)c21)C(=O)c1cc(O)cc(O)c1C3=O. The van der Waals surface area contributed by atoms with Gasteiger partial charge in [-0.1, -0.05) is 0 Å². The molecule has 0 aromatic heterocycles. The molecule has 8 heteroatoms. The van der Waals surface area contributed by atoms with Crippen molar-refractivity contribution in [1.82, 2.24) is 0 Å². The lowest BCUT2D eigenvalue weighted by molar-refractivity contribution is -0.141. The van der Waals surface area contributed by atoms with Crippen molar-refractivity contribution in [3.63, 3.8) is 0 Å². The van der Waals surface area contributed by atoms with Crippen LogP contribution in [0.2, 0.25) is 0 Å². The second-order valence-corrected chi connectivity index (χ2v) is 6.74. The quantitative estimate of drug-likeness (QED) is 0.585. The molecule has 3 N–H and O–H groups in total. The maximum Gasteiger partial charge on any atom is 0.302 e. The van der Waals surface area contributed by atoms with E-state index in [2.05, 4.69) is 0 Å². The summed E-state index contributed by atoms with van der Waals surface area (Å²) in [7, 11) is 0. The van der Waals surface area contributed by atoms with E-state index in [1.807, 2.05) is 0 Å². The van der Waals surface area contributed by atoms with E-state index in [0.29, 0.717) is 12.0 Å². The average molecular weight is 384 g/mol. The van der Waals surface area contributed by atoms with Gasteiger partial charge in [0.1, 0.15) is 23.0 Å². The Labute approximate surface area is 158 Å². The van der Waals surface area contributed by atoms with Crippen molar-refractivity contribution in [3.8, 4) is 23.0 Å². The fraction of sp³-hybridized carbons (Fsp3) is 0.250. The second kappa shape index (κ2) is 6.26. The molecule has 2 aromatic carbocycles. The summed E-state index contributed by atoms with van der Waals surface area (Å²) in [5.41, 5.74) is -0.0664. The number of fused-ring (bicyclic) bond motifs is 4. The van der Waals surface area contributed by atoms with Gasteiger partial charge in [0.15, 0.2) is 5.78 Å². The molecular weight excluding hydrogens is 368 g/mol. The molecule has 0 fully saturated rings. The third kappa shape index (κ3) is 2.57. The first kappa shape index (κ1) is 17.8. The van der Waals surface area contributed by atoms with E-state index < -0.39 is 23.3 Å². The van der Waals surface area contributed by atoms with Crippen molar-refractivity contribution in [1.29, 1.82) is 0 Å². The first-order valence-corrected chi connectivity index (χ1v) is 8.61. The minimum absolute atomic E-state index is 0.0266. The molecule has 1 aliphatic carbocycles. The zero-order chi connectivity index (χ0) is 20.2. The summed E-state index contributed by atoms with van der Waals surface area (Å²) in [6.07, 6.45) is 0.372. The van der Waals surface area contributed by atoms with Crippen LogP contribution in [0.3, 0.4) is 0 Å². The molecule has 0 spiro atoms. The van der Waals surface area contributed by atoms with Gasteiger partial charge in [-0.2, -0.15) is 0 Å². The van der Waals surface area contributed by atoms with Crippen molar-refractivity contribution in [2.75, 3.05) is 13.2 Å². The Hall–Kier alpha value is -3.55. The van der Waals surface area contributed by atoms with Crippen LogP contribution in [0.5, 0.6) is 23.0 Å². The zero-order valence-electron chi connectivity index (χ0n) is 14.8. The Balaban J connectivity index is 1.81. The number of ether oxygens (including phenoxy) is 2. The summed E-state index contributed by atoms with van der Waals surface area (Å²) in [5, 5.41) is 30.2. The number of rotatable bonds is 3. The standard InChI is InChI=1S/C20H16O8/c1-8(21)27-3-2-9-7-28-20-15(9)14(24)6-12-17(20)19(26)16-11(18(12)25)4-10(22)5-13(16)23/h4-6,9,22-24H,2-3,7H2,1H3/t9-/m1/s1. The average Bonchev–Trinajstić information content (AvgIpc) is 3.03. The molecule has 1 heterocycles. The Morgan fingerprint density at radius 1 is 1.07 bits per heavy atom. The van der Waals surface area contributed by atoms with Crippen LogP contribution >= 0.6 is 0 Å². The lowest BCUT2D eigenvalue weighted by atomic mass is 9.80. The van der Waals surface area contributed by atoms with E-state index >= 15 is 0 Å². The highest BCUT2D eigenvalue weighted by atomic mass is 16.5. The maximum atomic E-state index is 13.0. The van der Waals surface area contributed by atoms with Crippen molar-refractivity contribution in [2.45, 2.75) is 19.3 Å². The maximum absolute atomic E-state index is 13.0. The number of hydrogen-bond donors (Lipinski definition) is 3. The highest BCUT2D eigenvalue weighted by molar-refractivity contribution is 6.30. The molecule has 0 saturated carbocycles. The Bertz CT molecular complexity index is 1050. The summed E-state index contributed by atoms with van der Waals surface area (Å²) >= 11 is 0. The van der Waals surface area contributed by atoms with E-state index in [0.717, 1.165) is 12.1 Å². The number of carbonyl (C=O) groups is 3. The van der Waals surface area contributed by atoms with Crippen LogP contribution in [0.25, 0.3) is 0 Å². The highest BCUT2D eigenvalue weighted by Crippen LogP contribution is 2.49. The lowest BCUT2D eigenvalue weighted by Gasteiger charge is -2.21. The molecule has 8 nitrogen and oxygen atoms in total. The van der Waals surface area contributed by atoms with Crippen molar-refractivity contribution < 1.29 is 39.2 Å². The minimum Gasteiger partial charge on any atom is -0.508 e. The molecular formula is C20H16O8. The molecule has 4 rings (SSSR count). The molecule has 144 valence electrons. The summed E-state index contributed by atoms with van der Waals surface area (Å²) in [6, 6.07) is 3.29. The third-order valence-corrected chi connectivity index (χ3v) is 4.95. The van der Waals surface area contributed by atoms with Crippen LogP contribution < -0.4 is 4.74 Å². The third-order valence-electron chi connectivity index (χ3n) is 4.95. The van der Waals surface area contributed by atoms with Gasteiger partial charge in [0.2, 0.25) is 5.78 Å². The molecule has 0 saturated heterocycles. The Morgan fingerprint density at radius 2 is 1.79 bits per heavy atom. The van der Waals surface area contributed by atoms with Crippen LogP contribution in [0.4, 0.5) is 0 Å². The van der Waals surface area contributed by atoms with E-state index in [1.165, 1.54) is 13.0 Å². The van der Waals surface area contributed by atoms with Gasteiger partial charge in [-0.3, -0.25) is 14.4 Å². The van der Waals surface area contributed by atoms with Gasteiger partial charge >= 0.3 is 5.97 Å².